The van der Waals surface area contributed by atoms with Crippen LogP contribution in [0.15, 0.2) is 53.1 Å². The lowest BCUT2D eigenvalue weighted by Crippen LogP contribution is -2.26. The molecule has 0 fully saturated rings. The van der Waals surface area contributed by atoms with Gasteiger partial charge in [-0.15, -0.1) is 0 Å². The molecule has 22 heavy (non-hydrogen) atoms. The fraction of sp³-hybridized carbons (Fsp3) is 0.176. The molecule has 0 aliphatic carbocycles. The van der Waals surface area contributed by atoms with E-state index in [0.29, 0.717) is 18.5 Å². The molecule has 1 amide bonds. The zero-order chi connectivity index (χ0) is 15.5. The second-order valence-corrected chi connectivity index (χ2v) is 5.97. The second-order valence-electron chi connectivity index (χ2n) is 5.11. The van der Waals surface area contributed by atoms with Crippen LogP contribution in [0.1, 0.15) is 21.7 Å². The first kappa shape index (κ1) is 14.8. The van der Waals surface area contributed by atoms with Gasteiger partial charge in [0.2, 0.25) is 0 Å². The van der Waals surface area contributed by atoms with Gasteiger partial charge in [-0.05, 0) is 47.1 Å². The number of aryl methyl sites for hydroxylation is 1. The van der Waals surface area contributed by atoms with Crippen LogP contribution in [-0.2, 0) is 6.42 Å². The van der Waals surface area contributed by atoms with Crippen LogP contribution in [0.25, 0.3) is 5.65 Å². The maximum atomic E-state index is 12.1. The van der Waals surface area contributed by atoms with Gasteiger partial charge in [-0.3, -0.25) is 4.79 Å². The summed E-state index contributed by atoms with van der Waals surface area (Å²) in [5.74, 6) is -0.0765. The van der Waals surface area contributed by atoms with Crippen molar-refractivity contribution in [3.8, 4) is 0 Å². The van der Waals surface area contributed by atoms with Crippen molar-refractivity contribution >= 4 is 27.5 Å². The Kier molecular flexibility index (Phi) is 4.24. The van der Waals surface area contributed by atoms with Crippen LogP contribution < -0.4 is 5.32 Å². The lowest BCUT2D eigenvalue weighted by atomic mass is 10.2. The van der Waals surface area contributed by atoms with E-state index in [1.54, 1.807) is 6.07 Å². The molecule has 1 aromatic carbocycles. The number of halogens is 1. The minimum Gasteiger partial charge on any atom is -0.352 e. The van der Waals surface area contributed by atoms with Crippen LogP contribution in [0, 0.1) is 6.92 Å². The lowest BCUT2D eigenvalue weighted by molar-refractivity contribution is 0.0953. The standard InChI is InChI=1S/C17H16BrN3O/c1-12-5-4-8-16-20-13(11-21(12)16)9-10-19-17(22)14-6-2-3-7-15(14)18/h2-8,11H,9-10H2,1H3,(H,19,22). The van der Waals surface area contributed by atoms with E-state index in [0.717, 1.165) is 21.5 Å². The normalized spacial score (nSPS) is 10.8. The summed E-state index contributed by atoms with van der Waals surface area (Å²) in [6.07, 6.45) is 2.73. The van der Waals surface area contributed by atoms with Gasteiger partial charge in [0.15, 0.2) is 0 Å². The average molecular weight is 358 g/mol. The zero-order valence-corrected chi connectivity index (χ0v) is 13.8. The summed E-state index contributed by atoms with van der Waals surface area (Å²) in [5.41, 5.74) is 3.70. The quantitative estimate of drug-likeness (QED) is 0.777. The van der Waals surface area contributed by atoms with Crippen LogP contribution in [0.4, 0.5) is 0 Å². The molecule has 0 unspecified atom stereocenters. The third-order valence-electron chi connectivity index (χ3n) is 3.53. The molecule has 3 rings (SSSR count). The molecule has 0 spiro atoms. The highest BCUT2D eigenvalue weighted by atomic mass is 79.9. The lowest BCUT2D eigenvalue weighted by Gasteiger charge is -2.05. The molecule has 5 heteroatoms. The maximum Gasteiger partial charge on any atom is 0.252 e. The van der Waals surface area contributed by atoms with Crippen molar-refractivity contribution in [1.29, 1.82) is 0 Å². The predicted octanol–water partition coefficient (Wildman–Crippen LogP) is 3.38. The minimum atomic E-state index is -0.0765. The van der Waals surface area contributed by atoms with E-state index in [1.165, 1.54) is 0 Å². The highest BCUT2D eigenvalue weighted by Crippen LogP contribution is 2.15. The van der Waals surface area contributed by atoms with E-state index in [-0.39, 0.29) is 5.91 Å². The van der Waals surface area contributed by atoms with Crippen LogP contribution in [-0.4, -0.2) is 21.8 Å². The fourth-order valence-corrected chi connectivity index (χ4v) is 2.83. The summed E-state index contributed by atoms with van der Waals surface area (Å²) in [6, 6.07) is 13.4. The van der Waals surface area contributed by atoms with Gasteiger partial charge in [0.05, 0.1) is 11.3 Å². The summed E-state index contributed by atoms with van der Waals surface area (Å²) < 4.78 is 2.86. The van der Waals surface area contributed by atoms with Gasteiger partial charge in [-0.2, -0.15) is 0 Å². The number of nitrogens with one attached hydrogen (secondary N) is 1. The first-order valence-corrected chi connectivity index (χ1v) is 7.91. The molecule has 4 nitrogen and oxygen atoms in total. The average Bonchev–Trinajstić information content (AvgIpc) is 2.92. The van der Waals surface area contributed by atoms with Crippen molar-refractivity contribution in [2.45, 2.75) is 13.3 Å². The summed E-state index contributed by atoms with van der Waals surface area (Å²) in [7, 11) is 0. The van der Waals surface area contributed by atoms with Crippen LogP contribution in [0.2, 0.25) is 0 Å². The predicted molar refractivity (Wildman–Crippen MR) is 90.1 cm³/mol. The number of carbonyl (C=O) groups is 1. The third-order valence-corrected chi connectivity index (χ3v) is 4.22. The number of hydrogen-bond acceptors (Lipinski definition) is 2. The monoisotopic (exact) mass is 357 g/mol. The summed E-state index contributed by atoms with van der Waals surface area (Å²) in [5, 5.41) is 2.93. The fourth-order valence-electron chi connectivity index (χ4n) is 2.36. The Morgan fingerprint density at radius 2 is 2.05 bits per heavy atom. The number of hydrogen-bond donors (Lipinski definition) is 1. The van der Waals surface area contributed by atoms with E-state index in [9.17, 15) is 4.79 Å². The Bertz CT molecular complexity index is 826. The molecule has 0 atom stereocenters. The smallest absolute Gasteiger partial charge is 0.252 e. The third kappa shape index (κ3) is 3.04. The van der Waals surface area contributed by atoms with Gasteiger partial charge in [0.1, 0.15) is 5.65 Å². The summed E-state index contributed by atoms with van der Waals surface area (Å²) in [6.45, 7) is 2.61. The van der Waals surface area contributed by atoms with Gasteiger partial charge >= 0.3 is 0 Å². The highest BCUT2D eigenvalue weighted by molar-refractivity contribution is 9.10. The number of carbonyl (C=O) groups excluding carboxylic acids is 1. The number of amides is 1. The number of fused-ring (bicyclic) bond motifs is 1. The van der Waals surface area contributed by atoms with E-state index in [1.807, 2.05) is 49.5 Å². The number of pyridine rings is 1. The van der Waals surface area contributed by atoms with Gasteiger partial charge < -0.3 is 9.72 Å². The Labute approximate surface area is 137 Å². The summed E-state index contributed by atoms with van der Waals surface area (Å²) >= 11 is 3.39. The molecule has 112 valence electrons. The summed E-state index contributed by atoms with van der Waals surface area (Å²) in [4.78, 5) is 16.7. The maximum absolute atomic E-state index is 12.1. The van der Waals surface area contributed by atoms with Gasteiger partial charge in [0, 0.05) is 29.3 Å². The highest BCUT2D eigenvalue weighted by Gasteiger charge is 2.09. The van der Waals surface area contributed by atoms with Crippen LogP contribution in [0.3, 0.4) is 0 Å². The molecule has 3 aromatic rings. The minimum absolute atomic E-state index is 0.0765. The molecule has 0 aliphatic rings. The Morgan fingerprint density at radius 3 is 2.82 bits per heavy atom. The molecular weight excluding hydrogens is 342 g/mol. The van der Waals surface area contributed by atoms with Crippen molar-refractivity contribution < 1.29 is 4.79 Å². The first-order chi connectivity index (χ1) is 10.6. The Balaban J connectivity index is 1.64. The number of nitrogens with zero attached hydrogens (tertiary/aromatic N) is 2. The molecule has 0 radical (unpaired) electrons. The van der Waals surface area contributed by atoms with Crippen molar-refractivity contribution in [1.82, 2.24) is 14.7 Å². The van der Waals surface area contributed by atoms with Crippen molar-refractivity contribution in [3.63, 3.8) is 0 Å². The molecule has 0 aliphatic heterocycles. The van der Waals surface area contributed by atoms with Gasteiger partial charge in [0.25, 0.3) is 5.91 Å². The van der Waals surface area contributed by atoms with E-state index < -0.39 is 0 Å². The van der Waals surface area contributed by atoms with E-state index in [4.69, 9.17) is 0 Å². The second kappa shape index (κ2) is 6.32. The van der Waals surface area contributed by atoms with Gasteiger partial charge in [-0.1, -0.05) is 18.2 Å². The molecule has 1 N–H and O–H groups in total. The van der Waals surface area contributed by atoms with E-state index in [2.05, 4.69) is 30.6 Å². The Morgan fingerprint density at radius 1 is 1.23 bits per heavy atom. The van der Waals surface area contributed by atoms with Crippen molar-refractivity contribution in [3.05, 3.63) is 70.1 Å². The van der Waals surface area contributed by atoms with Crippen LogP contribution >= 0.6 is 15.9 Å². The van der Waals surface area contributed by atoms with Gasteiger partial charge in [-0.25, -0.2) is 4.98 Å². The molecule has 2 heterocycles. The first-order valence-electron chi connectivity index (χ1n) is 7.11. The molecular formula is C17H16BrN3O. The molecule has 2 aromatic heterocycles. The van der Waals surface area contributed by atoms with Crippen LogP contribution in [0.5, 0.6) is 0 Å². The number of rotatable bonds is 4. The Hall–Kier alpha value is -2.14. The van der Waals surface area contributed by atoms with E-state index >= 15 is 0 Å². The number of imidazole rings is 1. The largest absolute Gasteiger partial charge is 0.352 e. The molecule has 0 bridgehead atoms. The zero-order valence-electron chi connectivity index (χ0n) is 12.2. The van der Waals surface area contributed by atoms with Crippen molar-refractivity contribution in [2.24, 2.45) is 0 Å². The SMILES string of the molecule is Cc1cccc2nc(CCNC(=O)c3ccccc3Br)cn12. The topological polar surface area (TPSA) is 46.4 Å². The molecule has 0 saturated carbocycles. The van der Waals surface area contributed by atoms with Crippen molar-refractivity contribution in [2.75, 3.05) is 6.54 Å². The molecule has 0 saturated heterocycles. The number of aromatic nitrogens is 2. The number of benzene rings is 1.